The molecule has 184 valence electrons. The van der Waals surface area contributed by atoms with E-state index in [1.165, 1.54) is 40.0 Å². The van der Waals surface area contributed by atoms with E-state index in [4.69, 9.17) is 14.1 Å². The molecule has 0 spiro atoms. The van der Waals surface area contributed by atoms with Crippen molar-refractivity contribution in [3.63, 3.8) is 0 Å². The predicted molar refractivity (Wildman–Crippen MR) is 148 cm³/mol. The fourth-order valence-corrected chi connectivity index (χ4v) is 4.99. The maximum atomic E-state index is 6.39. The molecule has 0 saturated carbocycles. The molecule has 0 atom stereocenters. The van der Waals surface area contributed by atoms with E-state index < -0.39 is 0 Å². The summed E-state index contributed by atoms with van der Waals surface area (Å²) in [6.07, 6.45) is 12.0. The largest absolute Gasteiger partial charge is 0.433 e. The molecular weight excluding hydrogens is 458 g/mol. The number of nitrogens with zero attached hydrogens (tertiary/aromatic N) is 1. The Balaban J connectivity index is 0.00000103. The Bertz CT molecular complexity index is 982. The number of benzene rings is 1. The molecule has 2 aliphatic rings. The van der Waals surface area contributed by atoms with Gasteiger partial charge in [0.1, 0.15) is 5.69 Å². The number of oxazole rings is 1. The molecule has 2 aromatic rings. The number of aromatic nitrogens is 1. The third kappa shape index (κ3) is 7.66. The third-order valence-electron chi connectivity index (χ3n) is 6.15. The molecule has 1 aromatic carbocycles. The normalized spacial score (nSPS) is 16.4. The lowest BCUT2D eigenvalue weighted by Gasteiger charge is -2.18. The average Bonchev–Trinajstić information content (AvgIpc) is 3.29. The Morgan fingerprint density at radius 2 is 1.82 bits per heavy atom. The van der Waals surface area contributed by atoms with Gasteiger partial charge in [0.15, 0.2) is 11.0 Å². The van der Waals surface area contributed by atoms with E-state index in [0.29, 0.717) is 5.92 Å². The van der Waals surface area contributed by atoms with Crippen LogP contribution >= 0.6 is 24.4 Å². The zero-order valence-corrected chi connectivity index (χ0v) is 22.6. The van der Waals surface area contributed by atoms with Crippen LogP contribution in [0.3, 0.4) is 0 Å². The lowest BCUT2D eigenvalue weighted by Crippen LogP contribution is -2.14. The van der Waals surface area contributed by atoms with Crippen molar-refractivity contribution < 1.29 is 9.15 Å². The van der Waals surface area contributed by atoms with E-state index in [1.54, 1.807) is 11.8 Å². The second-order valence-electron chi connectivity index (χ2n) is 8.90. The number of unbranched alkanes of at least 4 members (excludes halogenated alkanes) is 1. The maximum Gasteiger partial charge on any atom is 0.199 e. The molecule has 0 radical (unpaired) electrons. The van der Waals surface area contributed by atoms with Crippen LogP contribution in [0.5, 0.6) is 0 Å². The Kier molecular flexibility index (Phi) is 11.1. The van der Waals surface area contributed by atoms with Gasteiger partial charge in [-0.05, 0) is 86.2 Å². The summed E-state index contributed by atoms with van der Waals surface area (Å²) in [6, 6.07) is 8.61. The molecule has 0 unspecified atom stereocenters. The Labute approximate surface area is 215 Å². The van der Waals surface area contributed by atoms with Crippen molar-refractivity contribution in [2.45, 2.75) is 81.6 Å². The summed E-state index contributed by atoms with van der Waals surface area (Å²) in [6.45, 7) is 12.2. The minimum atomic E-state index is 0.351. The molecule has 1 aliphatic carbocycles. The van der Waals surface area contributed by atoms with E-state index in [-0.39, 0.29) is 0 Å². The van der Waals surface area contributed by atoms with Crippen LogP contribution in [0.4, 0.5) is 0 Å². The Morgan fingerprint density at radius 3 is 2.44 bits per heavy atom. The second-order valence-corrected chi connectivity index (χ2v) is 10.6. The first-order valence-corrected chi connectivity index (χ1v) is 14.0. The smallest absolute Gasteiger partial charge is 0.199 e. The van der Waals surface area contributed by atoms with Gasteiger partial charge in [0.25, 0.3) is 0 Å². The topological polar surface area (TPSA) is 35.3 Å². The minimum Gasteiger partial charge on any atom is -0.433 e. The van der Waals surface area contributed by atoms with Crippen LogP contribution < -0.4 is 0 Å². The van der Waals surface area contributed by atoms with Gasteiger partial charge in [-0.1, -0.05) is 62.3 Å². The SMILES string of the molecule is C=C(CCCC)C1=CC=C(c2nc(C3CCOCC3)oc2Sc2ccc(C)cc2)CC1.CCS. The summed E-state index contributed by atoms with van der Waals surface area (Å²) in [5.41, 5.74) is 6.22. The molecule has 34 heavy (non-hydrogen) atoms. The molecule has 0 bridgehead atoms. The first kappa shape index (κ1) is 26.9. The highest BCUT2D eigenvalue weighted by molar-refractivity contribution is 7.99. The number of hydrogen-bond donors (Lipinski definition) is 1. The number of aryl methyl sites for hydroxylation is 1. The fraction of sp³-hybridized carbons (Fsp3) is 0.483. The standard InChI is InChI=1S/C27H33NO2S.C2H6S/c1-4-5-6-20(3)21-9-11-22(12-10-21)25-27(31-24-13-7-19(2)8-14-24)30-26(28-25)23-15-17-29-18-16-23;1-2-3/h7-9,11,13-14,23H,3-6,10,12,15-18H2,1-2H3;3H,2H2,1H3. The fourth-order valence-electron chi connectivity index (χ4n) is 4.11. The average molecular weight is 498 g/mol. The van der Waals surface area contributed by atoms with Gasteiger partial charge >= 0.3 is 0 Å². The van der Waals surface area contributed by atoms with Crippen LogP contribution in [-0.4, -0.2) is 24.0 Å². The first-order valence-electron chi connectivity index (χ1n) is 12.6. The minimum absolute atomic E-state index is 0.351. The van der Waals surface area contributed by atoms with Crippen molar-refractivity contribution >= 4 is 30.0 Å². The van der Waals surface area contributed by atoms with Gasteiger partial charge in [0, 0.05) is 24.0 Å². The monoisotopic (exact) mass is 497 g/mol. The molecule has 1 aromatic heterocycles. The van der Waals surface area contributed by atoms with Crippen LogP contribution in [0.15, 0.2) is 68.5 Å². The van der Waals surface area contributed by atoms with Crippen LogP contribution in [0.2, 0.25) is 0 Å². The summed E-state index contributed by atoms with van der Waals surface area (Å²) in [5, 5.41) is 0.915. The van der Waals surface area contributed by atoms with Gasteiger partial charge in [0.2, 0.25) is 0 Å². The second kappa shape index (κ2) is 14.0. The number of ether oxygens (including phenoxy) is 1. The summed E-state index contributed by atoms with van der Waals surface area (Å²) in [4.78, 5) is 6.21. The first-order chi connectivity index (χ1) is 16.5. The summed E-state index contributed by atoms with van der Waals surface area (Å²) in [7, 11) is 0. The molecule has 2 heterocycles. The molecule has 5 heteroatoms. The van der Waals surface area contributed by atoms with E-state index in [1.807, 2.05) is 6.92 Å². The lowest BCUT2D eigenvalue weighted by molar-refractivity contribution is 0.0786. The lowest BCUT2D eigenvalue weighted by atomic mass is 9.90. The van der Waals surface area contributed by atoms with Crippen molar-refractivity contribution in [1.29, 1.82) is 0 Å². The van der Waals surface area contributed by atoms with Crippen molar-refractivity contribution in [2.24, 2.45) is 0 Å². The number of allylic oxidation sites excluding steroid dienone is 5. The molecule has 0 N–H and O–H groups in total. The predicted octanol–water partition coefficient (Wildman–Crippen LogP) is 8.81. The number of thiol groups is 1. The maximum absolute atomic E-state index is 6.39. The Hall–Kier alpha value is -1.69. The molecular formula is C29H39NO2S2. The van der Waals surface area contributed by atoms with E-state index in [2.05, 4.69) is 69.5 Å². The quantitative estimate of drug-likeness (QED) is 0.370. The van der Waals surface area contributed by atoms with E-state index in [9.17, 15) is 0 Å². The molecule has 4 rings (SSSR count). The molecule has 1 aliphatic heterocycles. The summed E-state index contributed by atoms with van der Waals surface area (Å²) in [5.74, 6) is 2.17. The number of rotatable bonds is 8. The van der Waals surface area contributed by atoms with Gasteiger partial charge in [-0.3, -0.25) is 0 Å². The van der Waals surface area contributed by atoms with Crippen LogP contribution in [0.1, 0.15) is 81.9 Å². The highest BCUT2D eigenvalue weighted by Gasteiger charge is 2.26. The molecule has 1 fully saturated rings. The number of hydrogen-bond acceptors (Lipinski definition) is 5. The molecule has 1 saturated heterocycles. The summed E-state index contributed by atoms with van der Waals surface area (Å²) < 4.78 is 11.9. The van der Waals surface area contributed by atoms with Crippen LogP contribution in [-0.2, 0) is 4.74 Å². The van der Waals surface area contributed by atoms with Gasteiger partial charge in [-0.15, -0.1) is 0 Å². The van der Waals surface area contributed by atoms with Gasteiger partial charge in [0.05, 0.1) is 0 Å². The van der Waals surface area contributed by atoms with E-state index in [0.717, 1.165) is 67.7 Å². The zero-order valence-electron chi connectivity index (χ0n) is 20.9. The molecule has 3 nitrogen and oxygen atoms in total. The van der Waals surface area contributed by atoms with Gasteiger partial charge in [-0.25, -0.2) is 4.98 Å². The summed E-state index contributed by atoms with van der Waals surface area (Å²) >= 11 is 5.47. The van der Waals surface area contributed by atoms with Crippen molar-refractivity contribution in [2.75, 3.05) is 19.0 Å². The third-order valence-corrected chi connectivity index (χ3v) is 7.12. The highest BCUT2D eigenvalue weighted by Crippen LogP contribution is 2.40. The van der Waals surface area contributed by atoms with Crippen molar-refractivity contribution in [3.05, 3.63) is 71.3 Å². The molecule has 0 amide bonds. The van der Waals surface area contributed by atoms with Gasteiger partial charge < -0.3 is 9.15 Å². The van der Waals surface area contributed by atoms with Gasteiger partial charge in [-0.2, -0.15) is 12.6 Å². The van der Waals surface area contributed by atoms with E-state index >= 15 is 0 Å². The Morgan fingerprint density at radius 1 is 1.12 bits per heavy atom. The van der Waals surface area contributed by atoms with Crippen molar-refractivity contribution in [3.8, 4) is 0 Å². The zero-order chi connectivity index (χ0) is 24.3. The van der Waals surface area contributed by atoms with Crippen LogP contribution in [0.25, 0.3) is 5.57 Å². The van der Waals surface area contributed by atoms with Crippen molar-refractivity contribution in [1.82, 2.24) is 4.98 Å². The highest BCUT2D eigenvalue weighted by atomic mass is 32.2. The van der Waals surface area contributed by atoms with Crippen LogP contribution in [0, 0.1) is 6.92 Å².